The monoisotopic (exact) mass is 280 g/mol. The van der Waals surface area contributed by atoms with E-state index in [-0.39, 0.29) is 5.91 Å². The Morgan fingerprint density at radius 1 is 1.00 bits per heavy atom. The molecule has 0 saturated heterocycles. The molecule has 4 heteroatoms. The Balaban J connectivity index is 1.99. The summed E-state index contributed by atoms with van der Waals surface area (Å²) in [6.07, 6.45) is 0. The number of para-hydroxylation sites is 2. The van der Waals surface area contributed by atoms with E-state index in [9.17, 15) is 4.79 Å². The van der Waals surface area contributed by atoms with E-state index in [0.717, 1.165) is 37.6 Å². The summed E-state index contributed by atoms with van der Waals surface area (Å²) in [6, 6.07) is 14.0. The summed E-state index contributed by atoms with van der Waals surface area (Å²) in [6.45, 7) is 2.04. The molecule has 4 rings (SSSR count). The van der Waals surface area contributed by atoms with Crippen molar-refractivity contribution >= 4 is 43.7 Å². The Hall–Kier alpha value is -2.33. The number of rotatable bonds is 0. The van der Waals surface area contributed by atoms with Gasteiger partial charge in [-0.05, 0) is 31.2 Å². The van der Waals surface area contributed by atoms with Crippen molar-refractivity contribution in [2.45, 2.75) is 6.92 Å². The predicted molar refractivity (Wildman–Crippen MR) is 84.2 cm³/mol. The third-order valence-electron chi connectivity index (χ3n) is 3.49. The number of anilines is 3. The van der Waals surface area contributed by atoms with E-state index in [1.54, 1.807) is 11.3 Å². The second-order valence-electron chi connectivity index (χ2n) is 4.93. The fourth-order valence-electron chi connectivity index (χ4n) is 2.53. The summed E-state index contributed by atoms with van der Waals surface area (Å²) in [5.41, 5.74) is 3.65. The minimum Gasteiger partial charge on any atom is -0.345 e. The summed E-state index contributed by atoms with van der Waals surface area (Å²) in [4.78, 5) is 12.5. The molecular formula is C16H12N2OS. The van der Waals surface area contributed by atoms with Crippen LogP contribution in [0.1, 0.15) is 15.9 Å². The molecule has 2 aromatic carbocycles. The van der Waals surface area contributed by atoms with Gasteiger partial charge in [0.15, 0.2) is 0 Å². The van der Waals surface area contributed by atoms with Crippen molar-refractivity contribution in [2.75, 3.05) is 10.6 Å². The molecule has 0 saturated carbocycles. The average Bonchev–Trinajstić information content (AvgIpc) is 2.71. The van der Waals surface area contributed by atoms with E-state index < -0.39 is 0 Å². The van der Waals surface area contributed by atoms with Crippen LogP contribution in [0.5, 0.6) is 0 Å². The van der Waals surface area contributed by atoms with Gasteiger partial charge in [0.05, 0.1) is 16.9 Å². The molecule has 2 heterocycles. The van der Waals surface area contributed by atoms with Crippen molar-refractivity contribution in [3.8, 4) is 0 Å². The Kier molecular flexibility index (Phi) is 2.35. The normalized spacial score (nSPS) is 13.2. The molecule has 2 N–H and O–H groups in total. The lowest BCUT2D eigenvalue weighted by Crippen LogP contribution is -2.10. The number of hydrogen-bond donors (Lipinski definition) is 2. The zero-order valence-electron chi connectivity index (χ0n) is 10.9. The molecule has 0 aliphatic carbocycles. The zero-order valence-corrected chi connectivity index (χ0v) is 11.7. The number of aryl methyl sites for hydroxylation is 1. The third-order valence-corrected chi connectivity index (χ3v) is 4.58. The number of fused-ring (bicyclic) bond motifs is 4. The van der Waals surface area contributed by atoms with Gasteiger partial charge < -0.3 is 10.6 Å². The molecule has 3 aromatic rings. The highest BCUT2D eigenvalue weighted by Gasteiger charge is 2.23. The first-order valence-corrected chi connectivity index (χ1v) is 7.24. The van der Waals surface area contributed by atoms with E-state index in [1.165, 1.54) is 0 Å². The van der Waals surface area contributed by atoms with Crippen LogP contribution in [0.3, 0.4) is 0 Å². The van der Waals surface area contributed by atoms with Crippen LogP contribution >= 0.6 is 11.3 Å². The number of benzene rings is 2. The van der Waals surface area contributed by atoms with E-state index in [2.05, 4.69) is 28.8 Å². The Morgan fingerprint density at radius 2 is 1.75 bits per heavy atom. The van der Waals surface area contributed by atoms with Crippen molar-refractivity contribution in [1.82, 2.24) is 0 Å². The standard InChI is InChI=1S/C16H12N2OS/c1-9-6-7-13-10(8-9)14-15(19)17-11-4-2-3-5-12(11)18-16(14)20-13/h2-8,18H,1H3,(H,17,19). The van der Waals surface area contributed by atoms with Crippen LogP contribution in [0.2, 0.25) is 0 Å². The molecule has 3 nitrogen and oxygen atoms in total. The fraction of sp³-hybridized carbons (Fsp3) is 0.0625. The van der Waals surface area contributed by atoms with Gasteiger partial charge in [-0.15, -0.1) is 11.3 Å². The van der Waals surface area contributed by atoms with Gasteiger partial charge in [0.25, 0.3) is 5.91 Å². The highest BCUT2D eigenvalue weighted by Crippen LogP contribution is 2.41. The van der Waals surface area contributed by atoms with Gasteiger partial charge in [-0.2, -0.15) is 0 Å². The van der Waals surface area contributed by atoms with Crippen LogP contribution in [0.15, 0.2) is 42.5 Å². The summed E-state index contributed by atoms with van der Waals surface area (Å²) < 4.78 is 1.13. The quantitative estimate of drug-likeness (QED) is 0.635. The maximum Gasteiger partial charge on any atom is 0.259 e. The molecule has 1 aliphatic rings. The molecule has 1 amide bonds. The summed E-state index contributed by atoms with van der Waals surface area (Å²) >= 11 is 1.62. The summed E-state index contributed by atoms with van der Waals surface area (Å²) in [7, 11) is 0. The summed E-state index contributed by atoms with van der Waals surface area (Å²) in [5, 5.41) is 8.29. The SMILES string of the molecule is Cc1ccc2sc3c(c2c1)C(=O)Nc1ccccc1N3. The number of amides is 1. The third kappa shape index (κ3) is 1.62. The van der Waals surface area contributed by atoms with Crippen molar-refractivity contribution in [2.24, 2.45) is 0 Å². The highest BCUT2D eigenvalue weighted by atomic mass is 32.1. The van der Waals surface area contributed by atoms with Crippen LogP contribution in [0, 0.1) is 6.92 Å². The first-order valence-electron chi connectivity index (χ1n) is 6.43. The van der Waals surface area contributed by atoms with Gasteiger partial charge in [-0.1, -0.05) is 23.8 Å². The van der Waals surface area contributed by atoms with Crippen LogP contribution < -0.4 is 10.6 Å². The first-order chi connectivity index (χ1) is 9.72. The van der Waals surface area contributed by atoms with E-state index in [1.807, 2.05) is 31.2 Å². The van der Waals surface area contributed by atoms with Crippen LogP contribution in [0.4, 0.5) is 16.4 Å². The van der Waals surface area contributed by atoms with Crippen LogP contribution in [-0.4, -0.2) is 5.91 Å². The van der Waals surface area contributed by atoms with Crippen molar-refractivity contribution in [1.29, 1.82) is 0 Å². The Morgan fingerprint density at radius 3 is 2.55 bits per heavy atom. The number of thiophene rings is 1. The van der Waals surface area contributed by atoms with Gasteiger partial charge in [0.1, 0.15) is 5.00 Å². The molecule has 0 radical (unpaired) electrons. The summed E-state index contributed by atoms with van der Waals surface area (Å²) in [5.74, 6) is -0.0469. The number of carbonyl (C=O) groups excluding carboxylic acids is 1. The first kappa shape index (κ1) is 11.5. The van der Waals surface area contributed by atoms with Crippen molar-refractivity contribution in [3.05, 3.63) is 53.6 Å². The Labute approximate surface area is 120 Å². The van der Waals surface area contributed by atoms with Gasteiger partial charge in [-0.25, -0.2) is 0 Å². The van der Waals surface area contributed by atoms with Crippen molar-refractivity contribution < 1.29 is 4.79 Å². The average molecular weight is 280 g/mol. The van der Waals surface area contributed by atoms with Crippen molar-refractivity contribution in [3.63, 3.8) is 0 Å². The minimum atomic E-state index is -0.0469. The fourth-order valence-corrected chi connectivity index (χ4v) is 3.63. The Bertz CT molecular complexity index is 851. The lowest BCUT2D eigenvalue weighted by molar-refractivity contribution is 0.103. The molecule has 0 bridgehead atoms. The zero-order chi connectivity index (χ0) is 13.7. The molecule has 0 atom stereocenters. The van der Waals surface area contributed by atoms with Gasteiger partial charge >= 0.3 is 0 Å². The van der Waals surface area contributed by atoms with E-state index >= 15 is 0 Å². The topological polar surface area (TPSA) is 41.1 Å². The molecule has 1 aliphatic heterocycles. The van der Waals surface area contributed by atoms with E-state index in [4.69, 9.17) is 0 Å². The van der Waals surface area contributed by atoms with E-state index in [0.29, 0.717) is 0 Å². The molecule has 0 unspecified atom stereocenters. The second kappa shape index (κ2) is 4.08. The number of hydrogen-bond acceptors (Lipinski definition) is 3. The maximum atomic E-state index is 12.5. The lowest BCUT2D eigenvalue weighted by Gasteiger charge is -2.06. The molecule has 0 fully saturated rings. The number of carbonyl (C=O) groups is 1. The second-order valence-corrected chi connectivity index (χ2v) is 5.98. The number of nitrogens with one attached hydrogen (secondary N) is 2. The maximum absolute atomic E-state index is 12.5. The van der Waals surface area contributed by atoms with Crippen LogP contribution in [0.25, 0.3) is 10.1 Å². The lowest BCUT2D eigenvalue weighted by atomic mass is 10.1. The molecule has 1 aromatic heterocycles. The molecular weight excluding hydrogens is 268 g/mol. The minimum absolute atomic E-state index is 0.0469. The van der Waals surface area contributed by atoms with Gasteiger partial charge in [0.2, 0.25) is 0 Å². The largest absolute Gasteiger partial charge is 0.345 e. The molecule has 20 heavy (non-hydrogen) atoms. The van der Waals surface area contributed by atoms with Gasteiger partial charge in [-0.3, -0.25) is 4.79 Å². The highest BCUT2D eigenvalue weighted by molar-refractivity contribution is 7.23. The van der Waals surface area contributed by atoms with Gasteiger partial charge in [0, 0.05) is 10.1 Å². The predicted octanol–water partition coefficient (Wildman–Crippen LogP) is 4.52. The molecule has 0 spiro atoms. The molecule has 98 valence electrons. The van der Waals surface area contributed by atoms with Crippen LogP contribution in [-0.2, 0) is 0 Å². The smallest absolute Gasteiger partial charge is 0.259 e.